The molecule has 1 aliphatic rings. The third-order valence-electron chi connectivity index (χ3n) is 3.13. The molecular formula is C12H20N2O2S. The maximum Gasteiger partial charge on any atom is 0.0897 e. The number of aliphatic hydroxyl groups excluding tert-OH is 1. The van der Waals surface area contributed by atoms with Crippen molar-refractivity contribution in [2.24, 2.45) is 5.73 Å². The van der Waals surface area contributed by atoms with E-state index in [1.54, 1.807) is 11.3 Å². The molecule has 2 heterocycles. The van der Waals surface area contributed by atoms with E-state index in [1.165, 1.54) is 0 Å². The van der Waals surface area contributed by atoms with Crippen molar-refractivity contribution in [2.45, 2.75) is 18.6 Å². The lowest BCUT2D eigenvalue weighted by atomic mass is 10.1. The molecule has 4 nitrogen and oxygen atoms in total. The van der Waals surface area contributed by atoms with Gasteiger partial charge in [0.05, 0.1) is 19.3 Å². The van der Waals surface area contributed by atoms with Crippen LogP contribution in [0.25, 0.3) is 0 Å². The Hall–Kier alpha value is -0.460. The van der Waals surface area contributed by atoms with Crippen LogP contribution in [-0.2, 0) is 4.74 Å². The zero-order chi connectivity index (χ0) is 12.1. The summed E-state index contributed by atoms with van der Waals surface area (Å²) in [6, 6.07) is 4.23. The molecule has 2 rings (SSSR count). The predicted molar refractivity (Wildman–Crippen MR) is 69.1 cm³/mol. The van der Waals surface area contributed by atoms with Gasteiger partial charge in [0.1, 0.15) is 0 Å². The Kier molecular flexibility index (Phi) is 4.94. The molecule has 1 aromatic rings. The van der Waals surface area contributed by atoms with Crippen molar-refractivity contribution in [1.29, 1.82) is 0 Å². The molecule has 0 saturated carbocycles. The van der Waals surface area contributed by atoms with Crippen molar-refractivity contribution in [3.05, 3.63) is 22.4 Å². The lowest BCUT2D eigenvalue weighted by Gasteiger charge is -2.36. The van der Waals surface area contributed by atoms with Crippen LogP contribution >= 0.6 is 11.3 Å². The van der Waals surface area contributed by atoms with Crippen LogP contribution in [0.15, 0.2) is 17.5 Å². The van der Waals surface area contributed by atoms with Gasteiger partial charge in [-0.15, -0.1) is 11.3 Å². The maximum absolute atomic E-state index is 10.1. The van der Waals surface area contributed by atoms with Crippen LogP contribution in [0.4, 0.5) is 0 Å². The van der Waals surface area contributed by atoms with E-state index in [0.29, 0.717) is 13.2 Å². The van der Waals surface area contributed by atoms with Gasteiger partial charge >= 0.3 is 0 Å². The van der Waals surface area contributed by atoms with Crippen LogP contribution in [0.5, 0.6) is 0 Å². The fourth-order valence-corrected chi connectivity index (χ4v) is 2.95. The first-order chi connectivity index (χ1) is 8.31. The molecule has 2 atom stereocenters. The highest BCUT2D eigenvalue weighted by Crippen LogP contribution is 2.25. The zero-order valence-electron chi connectivity index (χ0n) is 9.92. The summed E-state index contributed by atoms with van der Waals surface area (Å²) in [4.78, 5) is 3.35. The number of morpholine rings is 1. The van der Waals surface area contributed by atoms with Crippen molar-refractivity contribution in [3.63, 3.8) is 0 Å². The SMILES string of the molecule is NCCN1CCOCC1CC(O)c1cccs1. The zero-order valence-corrected chi connectivity index (χ0v) is 10.7. The number of hydrogen-bond donors (Lipinski definition) is 2. The highest BCUT2D eigenvalue weighted by atomic mass is 32.1. The van der Waals surface area contributed by atoms with E-state index in [0.717, 1.165) is 31.0 Å². The molecule has 17 heavy (non-hydrogen) atoms. The Morgan fingerprint density at radius 1 is 1.65 bits per heavy atom. The summed E-state index contributed by atoms with van der Waals surface area (Å²) in [6.45, 7) is 3.92. The second-order valence-electron chi connectivity index (χ2n) is 4.32. The van der Waals surface area contributed by atoms with Gasteiger partial charge in [-0.2, -0.15) is 0 Å². The van der Waals surface area contributed by atoms with Crippen LogP contribution in [0.1, 0.15) is 17.4 Å². The quantitative estimate of drug-likeness (QED) is 0.819. The van der Waals surface area contributed by atoms with E-state index in [4.69, 9.17) is 10.5 Å². The summed E-state index contributed by atoms with van der Waals surface area (Å²) in [7, 11) is 0. The van der Waals surface area contributed by atoms with Gasteiger partial charge in [0.25, 0.3) is 0 Å². The van der Waals surface area contributed by atoms with E-state index in [-0.39, 0.29) is 12.1 Å². The van der Waals surface area contributed by atoms with E-state index in [2.05, 4.69) is 4.90 Å². The van der Waals surface area contributed by atoms with Gasteiger partial charge < -0.3 is 15.6 Å². The smallest absolute Gasteiger partial charge is 0.0897 e. The number of rotatable bonds is 5. The van der Waals surface area contributed by atoms with Crippen LogP contribution in [0, 0.1) is 0 Å². The average Bonchev–Trinajstić information content (AvgIpc) is 2.85. The number of nitrogens with two attached hydrogens (primary N) is 1. The van der Waals surface area contributed by atoms with Crippen LogP contribution < -0.4 is 5.73 Å². The molecule has 1 fully saturated rings. The molecule has 2 unspecified atom stereocenters. The van der Waals surface area contributed by atoms with Crippen molar-refractivity contribution in [3.8, 4) is 0 Å². The van der Waals surface area contributed by atoms with E-state index < -0.39 is 0 Å². The highest BCUT2D eigenvalue weighted by Gasteiger charge is 2.25. The molecule has 0 bridgehead atoms. The molecule has 1 aromatic heterocycles. The van der Waals surface area contributed by atoms with Crippen LogP contribution in [0.3, 0.4) is 0 Å². The number of nitrogens with zero attached hydrogens (tertiary/aromatic N) is 1. The molecule has 0 aromatic carbocycles. The summed E-state index contributed by atoms with van der Waals surface area (Å²) >= 11 is 1.60. The minimum atomic E-state index is -0.387. The average molecular weight is 256 g/mol. The molecule has 0 radical (unpaired) electrons. The van der Waals surface area contributed by atoms with E-state index in [1.807, 2.05) is 17.5 Å². The summed E-state index contributed by atoms with van der Waals surface area (Å²) in [5.74, 6) is 0. The lowest BCUT2D eigenvalue weighted by Crippen LogP contribution is -2.47. The Balaban J connectivity index is 1.91. The van der Waals surface area contributed by atoms with Gasteiger partial charge in [0.2, 0.25) is 0 Å². The van der Waals surface area contributed by atoms with Crippen LogP contribution in [-0.4, -0.2) is 48.9 Å². The number of hydrogen-bond acceptors (Lipinski definition) is 5. The standard InChI is InChI=1S/C12H20N2O2S/c13-3-4-14-5-6-16-9-10(14)8-11(15)12-2-1-7-17-12/h1-2,7,10-11,15H,3-6,8-9,13H2. The first kappa shape index (κ1) is 13.0. The van der Waals surface area contributed by atoms with Crippen molar-refractivity contribution in [1.82, 2.24) is 4.90 Å². The molecule has 0 amide bonds. The molecule has 0 aliphatic carbocycles. The molecule has 0 spiro atoms. The van der Waals surface area contributed by atoms with Crippen LogP contribution in [0.2, 0.25) is 0 Å². The Bertz CT molecular complexity index is 316. The number of aliphatic hydroxyl groups is 1. The first-order valence-corrected chi connectivity index (χ1v) is 6.92. The largest absolute Gasteiger partial charge is 0.388 e. The summed E-state index contributed by atoms with van der Waals surface area (Å²) in [6.07, 6.45) is 0.336. The minimum absolute atomic E-state index is 0.282. The Morgan fingerprint density at radius 2 is 2.53 bits per heavy atom. The molecule has 96 valence electrons. The monoisotopic (exact) mass is 256 g/mol. The lowest BCUT2D eigenvalue weighted by molar-refractivity contribution is -0.0242. The third-order valence-corrected chi connectivity index (χ3v) is 4.11. The van der Waals surface area contributed by atoms with Gasteiger partial charge in [-0.1, -0.05) is 6.07 Å². The van der Waals surface area contributed by atoms with E-state index in [9.17, 15) is 5.11 Å². The predicted octanol–water partition coefficient (Wildman–Crippen LogP) is 0.831. The number of thiophene rings is 1. The van der Waals surface area contributed by atoms with Gasteiger partial charge in [0.15, 0.2) is 0 Å². The Morgan fingerprint density at radius 3 is 3.24 bits per heavy atom. The Labute approximate surface area is 106 Å². The highest BCUT2D eigenvalue weighted by molar-refractivity contribution is 7.10. The molecule has 3 N–H and O–H groups in total. The van der Waals surface area contributed by atoms with Gasteiger partial charge in [-0.3, -0.25) is 4.90 Å². The van der Waals surface area contributed by atoms with E-state index >= 15 is 0 Å². The molecule has 1 aliphatic heterocycles. The summed E-state index contributed by atoms with van der Waals surface area (Å²) in [5, 5.41) is 12.1. The second-order valence-corrected chi connectivity index (χ2v) is 5.30. The minimum Gasteiger partial charge on any atom is -0.388 e. The number of ether oxygens (including phenoxy) is 1. The topological polar surface area (TPSA) is 58.7 Å². The first-order valence-electron chi connectivity index (χ1n) is 6.04. The fraction of sp³-hybridized carbons (Fsp3) is 0.667. The third kappa shape index (κ3) is 3.50. The molecular weight excluding hydrogens is 236 g/mol. The van der Waals surface area contributed by atoms with Crippen molar-refractivity contribution < 1.29 is 9.84 Å². The second kappa shape index (κ2) is 6.47. The van der Waals surface area contributed by atoms with Gasteiger partial charge in [0, 0.05) is 30.6 Å². The summed E-state index contributed by atoms with van der Waals surface area (Å²) in [5.41, 5.74) is 5.60. The summed E-state index contributed by atoms with van der Waals surface area (Å²) < 4.78 is 5.49. The fourth-order valence-electron chi connectivity index (χ4n) is 2.22. The molecule has 1 saturated heterocycles. The maximum atomic E-state index is 10.1. The van der Waals surface area contributed by atoms with Gasteiger partial charge in [-0.25, -0.2) is 0 Å². The van der Waals surface area contributed by atoms with Crippen molar-refractivity contribution >= 4 is 11.3 Å². The van der Waals surface area contributed by atoms with Gasteiger partial charge in [-0.05, 0) is 17.9 Å². The van der Waals surface area contributed by atoms with Crippen molar-refractivity contribution in [2.75, 3.05) is 32.8 Å². The normalized spacial score (nSPS) is 23.8. The molecule has 5 heteroatoms.